The van der Waals surface area contributed by atoms with Crippen LogP contribution in [0.4, 0.5) is 0 Å². The molecule has 16 heavy (non-hydrogen) atoms. The summed E-state index contributed by atoms with van der Waals surface area (Å²) in [4.78, 5) is 0. The number of nitrogens with two attached hydrogens (primary N) is 1. The molecule has 2 aromatic rings. The summed E-state index contributed by atoms with van der Waals surface area (Å²) in [6.07, 6.45) is 5.71. The summed E-state index contributed by atoms with van der Waals surface area (Å²) in [7, 11) is 0. The number of fused-ring (bicyclic) bond motifs is 1. The van der Waals surface area contributed by atoms with Crippen molar-refractivity contribution in [2.45, 2.75) is 32.7 Å². The molecule has 1 aromatic carbocycles. The second kappa shape index (κ2) is 5.17. The fourth-order valence-corrected chi connectivity index (χ4v) is 2.19. The van der Waals surface area contributed by atoms with Gasteiger partial charge in [-0.3, -0.25) is 0 Å². The van der Waals surface area contributed by atoms with Crippen molar-refractivity contribution in [1.29, 1.82) is 0 Å². The molecule has 1 aromatic heterocycles. The second-order valence-corrected chi connectivity index (χ2v) is 4.26. The van der Waals surface area contributed by atoms with E-state index in [9.17, 15) is 0 Å². The summed E-state index contributed by atoms with van der Waals surface area (Å²) in [6.45, 7) is 4.07. The Morgan fingerprint density at radius 2 is 2.06 bits per heavy atom. The highest BCUT2D eigenvalue weighted by molar-refractivity contribution is 5.84. The van der Waals surface area contributed by atoms with Crippen LogP contribution in [-0.4, -0.2) is 11.1 Å². The predicted octanol–water partition coefficient (Wildman–Crippen LogP) is 2.94. The van der Waals surface area contributed by atoms with Crippen molar-refractivity contribution in [2.24, 2.45) is 5.73 Å². The number of aryl methyl sites for hydroxylation is 1. The van der Waals surface area contributed by atoms with E-state index in [1.54, 1.807) is 0 Å². The van der Waals surface area contributed by atoms with Gasteiger partial charge in [-0.25, -0.2) is 0 Å². The van der Waals surface area contributed by atoms with Crippen LogP contribution in [0.3, 0.4) is 0 Å². The van der Waals surface area contributed by atoms with Gasteiger partial charge in [-0.2, -0.15) is 0 Å². The van der Waals surface area contributed by atoms with Crippen LogP contribution in [0.15, 0.2) is 30.5 Å². The van der Waals surface area contributed by atoms with Crippen LogP contribution in [0.5, 0.6) is 0 Å². The molecule has 0 unspecified atom stereocenters. The van der Waals surface area contributed by atoms with E-state index in [0.717, 1.165) is 19.5 Å². The molecular weight excluding hydrogens is 196 g/mol. The molecule has 0 bridgehead atoms. The Morgan fingerprint density at radius 3 is 2.81 bits per heavy atom. The van der Waals surface area contributed by atoms with Crippen LogP contribution < -0.4 is 5.73 Å². The molecule has 0 aliphatic carbocycles. The third-order valence-corrected chi connectivity index (χ3v) is 3.04. The predicted molar refractivity (Wildman–Crippen MR) is 69.6 cm³/mol. The maximum atomic E-state index is 5.65. The Balaban J connectivity index is 2.40. The third-order valence-electron chi connectivity index (χ3n) is 3.04. The third kappa shape index (κ3) is 2.12. The van der Waals surface area contributed by atoms with E-state index in [1.807, 2.05) is 0 Å². The highest BCUT2D eigenvalue weighted by atomic mass is 15.0. The van der Waals surface area contributed by atoms with Crippen LogP contribution >= 0.6 is 0 Å². The number of hydrogen-bond donors (Lipinski definition) is 1. The lowest BCUT2D eigenvalue weighted by Crippen LogP contribution is -2.02. The minimum Gasteiger partial charge on any atom is -0.347 e. The van der Waals surface area contributed by atoms with Gasteiger partial charge in [0.1, 0.15) is 0 Å². The molecule has 2 heteroatoms. The molecule has 0 saturated heterocycles. The first kappa shape index (κ1) is 11.2. The van der Waals surface area contributed by atoms with Gasteiger partial charge in [0.25, 0.3) is 0 Å². The summed E-state index contributed by atoms with van der Waals surface area (Å²) in [5, 5.41) is 1.36. The van der Waals surface area contributed by atoms with E-state index in [1.165, 1.54) is 29.3 Å². The number of unbranched alkanes of at least 4 members (excludes halogenated alkanes) is 1. The number of aromatic nitrogens is 1. The van der Waals surface area contributed by atoms with Crippen molar-refractivity contribution in [3.05, 3.63) is 36.0 Å². The van der Waals surface area contributed by atoms with Crippen molar-refractivity contribution in [3.63, 3.8) is 0 Å². The van der Waals surface area contributed by atoms with Crippen molar-refractivity contribution in [3.8, 4) is 0 Å². The lowest BCUT2D eigenvalue weighted by molar-refractivity contribution is 0.648. The number of hydrogen-bond acceptors (Lipinski definition) is 1. The standard InChI is InChI=1S/C14H20N2/c1-2-3-10-16-11-12(8-9-15)13-6-4-5-7-14(13)16/h4-7,11H,2-3,8-10,15H2,1H3. The topological polar surface area (TPSA) is 30.9 Å². The van der Waals surface area contributed by atoms with Gasteiger partial charge in [-0.05, 0) is 31.0 Å². The monoisotopic (exact) mass is 216 g/mol. The molecule has 0 aliphatic heterocycles. The van der Waals surface area contributed by atoms with E-state index >= 15 is 0 Å². The molecule has 86 valence electrons. The summed E-state index contributed by atoms with van der Waals surface area (Å²) in [6, 6.07) is 8.61. The van der Waals surface area contributed by atoms with E-state index in [4.69, 9.17) is 5.73 Å². The fraction of sp³-hybridized carbons (Fsp3) is 0.429. The highest BCUT2D eigenvalue weighted by Gasteiger charge is 2.06. The Labute approximate surface area is 97.1 Å². The minimum atomic E-state index is 0.724. The van der Waals surface area contributed by atoms with Crippen molar-refractivity contribution in [2.75, 3.05) is 6.54 Å². The largest absolute Gasteiger partial charge is 0.347 e. The van der Waals surface area contributed by atoms with Crippen molar-refractivity contribution in [1.82, 2.24) is 4.57 Å². The summed E-state index contributed by atoms with van der Waals surface area (Å²) < 4.78 is 2.36. The summed E-state index contributed by atoms with van der Waals surface area (Å²) in [5.74, 6) is 0. The molecule has 0 spiro atoms. The molecule has 2 N–H and O–H groups in total. The highest BCUT2D eigenvalue weighted by Crippen LogP contribution is 2.22. The van der Waals surface area contributed by atoms with Crippen LogP contribution in [0.25, 0.3) is 10.9 Å². The van der Waals surface area contributed by atoms with Gasteiger partial charge in [0.2, 0.25) is 0 Å². The lowest BCUT2D eigenvalue weighted by Gasteiger charge is -2.02. The Morgan fingerprint density at radius 1 is 1.25 bits per heavy atom. The van der Waals surface area contributed by atoms with Crippen molar-refractivity contribution >= 4 is 10.9 Å². The Kier molecular flexibility index (Phi) is 3.62. The number of rotatable bonds is 5. The minimum absolute atomic E-state index is 0.724. The molecule has 0 radical (unpaired) electrons. The van der Waals surface area contributed by atoms with Gasteiger partial charge in [-0.1, -0.05) is 31.5 Å². The molecule has 0 aliphatic rings. The zero-order valence-corrected chi connectivity index (χ0v) is 9.95. The molecule has 2 nitrogen and oxygen atoms in total. The summed E-state index contributed by atoms with van der Waals surface area (Å²) >= 11 is 0. The zero-order chi connectivity index (χ0) is 11.4. The van der Waals surface area contributed by atoms with Crippen LogP contribution in [0, 0.1) is 0 Å². The number of benzene rings is 1. The first-order chi connectivity index (χ1) is 7.86. The average Bonchev–Trinajstić information content (AvgIpc) is 2.66. The van der Waals surface area contributed by atoms with Crippen molar-refractivity contribution < 1.29 is 0 Å². The molecule has 2 rings (SSSR count). The van der Waals surface area contributed by atoms with E-state index in [2.05, 4.69) is 42.0 Å². The quantitative estimate of drug-likeness (QED) is 0.818. The second-order valence-electron chi connectivity index (χ2n) is 4.26. The zero-order valence-electron chi connectivity index (χ0n) is 9.95. The van der Waals surface area contributed by atoms with Gasteiger partial charge in [0.15, 0.2) is 0 Å². The SMILES string of the molecule is CCCCn1cc(CCN)c2ccccc21. The van der Waals surface area contributed by atoms with Gasteiger partial charge in [0, 0.05) is 23.6 Å². The van der Waals surface area contributed by atoms with Gasteiger partial charge < -0.3 is 10.3 Å². The smallest absolute Gasteiger partial charge is 0.0483 e. The molecule has 0 amide bonds. The van der Waals surface area contributed by atoms with Gasteiger partial charge in [-0.15, -0.1) is 0 Å². The molecule has 1 heterocycles. The normalized spacial score (nSPS) is 11.1. The van der Waals surface area contributed by atoms with Crippen LogP contribution in [-0.2, 0) is 13.0 Å². The molecule has 0 saturated carbocycles. The fourth-order valence-electron chi connectivity index (χ4n) is 2.19. The molecule has 0 fully saturated rings. The summed E-state index contributed by atoms with van der Waals surface area (Å²) in [5.41, 5.74) is 8.38. The Hall–Kier alpha value is -1.28. The number of para-hydroxylation sites is 1. The molecular formula is C14H20N2. The Bertz CT molecular complexity index is 457. The van der Waals surface area contributed by atoms with Crippen LogP contribution in [0.1, 0.15) is 25.3 Å². The van der Waals surface area contributed by atoms with E-state index < -0.39 is 0 Å². The van der Waals surface area contributed by atoms with Gasteiger partial charge >= 0.3 is 0 Å². The maximum absolute atomic E-state index is 5.65. The first-order valence-corrected chi connectivity index (χ1v) is 6.13. The van der Waals surface area contributed by atoms with E-state index in [-0.39, 0.29) is 0 Å². The van der Waals surface area contributed by atoms with Gasteiger partial charge in [0.05, 0.1) is 0 Å². The maximum Gasteiger partial charge on any atom is 0.0483 e. The lowest BCUT2D eigenvalue weighted by atomic mass is 10.1. The number of nitrogens with zero attached hydrogens (tertiary/aromatic N) is 1. The molecule has 0 atom stereocenters. The average molecular weight is 216 g/mol. The first-order valence-electron chi connectivity index (χ1n) is 6.13. The van der Waals surface area contributed by atoms with E-state index in [0.29, 0.717) is 0 Å². The van der Waals surface area contributed by atoms with Crippen LogP contribution in [0.2, 0.25) is 0 Å².